The van der Waals surface area contributed by atoms with E-state index in [-0.39, 0.29) is 11.9 Å². The van der Waals surface area contributed by atoms with E-state index in [4.69, 9.17) is 5.73 Å². The predicted octanol–water partition coefficient (Wildman–Crippen LogP) is 3.26. The van der Waals surface area contributed by atoms with Crippen LogP contribution < -0.4 is 5.73 Å². The van der Waals surface area contributed by atoms with Gasteiger partial charge in [-0.2, -0.15) is 0 Å². The second kappa shape index (κ2) is 5.30. The van der Waals surface area contributed by atoms with Gasteiger partial charge in [0.2, 0.25) is 0 Å². The molecule has 0 amide bonds. The molecule has 0 saturated heterocycles. The third kappa shape index (κ3) is 2.54. The fraction of sp³-hybridized carbons (Fsp3) is 0.235. The zero-order chi connectivity index (χ0) is 15.0. The fourth-order valence-corrected chi connectivity index (χ4v) is 2.70. The minimum atomic E-state index is -0.267. The molecule has 1 aromatic heterocycles. The van der Waals surface area contributed by atoms with Crippen LogP contribution in [0, 0.1) is 12.7 Å². The highest BCUT2D eigenvalue weighted by Gasteiger charge is 2.15. The number of para-hydroxylation sites is 2. The minimum Gasteiger partial charge on any atom is -0.331 e. The lowest BCUT2D eigenvalue weighted by Crippen LogP contribution is -2.17. The van der Waals surface area contributed by atoms with E-state index in [0.717, 1.165) is 28.0 Å². The van der Waals surface area contributed by atoms with Gasteiger partial charge in [0.1, 0.15) is 11.6 Å². The van der Waals surface area contributed by atoms with Crippen molar-refractivity contribution in [1.82, 2.24) is 9.55 Å². The normalized spacial score (nSPS) is 12.8. The van der Waals surface area contributed by atoms with E-state index in [9.17, 15) is 4.39 Å². The Morgan fingerprint density at radius 3 is 2.76 bits per heavy atom. The van der Waals surface area contributed by atoms with Crippen molar-refractivity contribution in [3.63, 3.8) is 0 Å². The summed E-state index contributed by atoms with van der Waals surface area (Å²) < 4.78 is 15.5. The molecule has 0 aliphatic heterocycles. The molecule has 0 bridgehead atoms. The number of rotatable bonds is 3. The number of hydrogen-bond donors (Lipinski definition) is 1. The number of benzene rings is 2. The summed E-state index contributed by atoms with van der Waals surface area (Å²) in [6.45, 7) is 1.95. The van der Waals surface area contributed by atoms with Gasteiger partial charge in [-0.15, -0.1) is 0 Å². The molecule has 0 spiro atoms. The molecule has 21 heavy (non-hydrogen) atoms. The zero-order valence-electron chi connectivity index (χ0n) is 12.2. The summed E-state index contributed by atoms with van der Waals surface area (Å²) in [6, 6.07) is 12.4. The Morgan fingerprint density at radius 2 is 2.00 bits per heavy atom. The number of imidazole rings is 1. The van der Waals surface area contributed by atoms with Crippen molar-refractivity contribution >= 4 is 11.0 Å². The van der Waals surface area contributed by atoms with Crippen LogP contribution in [-0.2, 0) is 13.5 Å². The molecular formula is C17H18FN3. The number of fused-ring (bicyclic) bond motifs is 1. The fourth-order valence-electron chi connectivity index (χ4n) is 2.70. The summed E-state index contributed by atoms with van der Waals surface area (Å²) in [7, 11) is 1.98. The van der Waals surface area contributed by atoms with E-state index in [1.165, 1.54) is 12.1 Å². The van der Waals surface area contributed by atoms with Crippen molar-refractivity contribution in [2.45, 2.75) is 19.4 Å². The van der Waals surface area contributed by atoms with Crippen LogP contribution in [-0.4, -0.2) is 9.55 Å². The van der Waals surface area contributed by atoms with Crippen molar-refractivity contribution in [3.05, 3.63) is 65.2 Å². The molecule has 0 fully saturated rings. The summed E-state index contributed by atoms with van der Waals surface area (Å²) in [5.41, 5.74) is 10.1. The van der Waals surface area contributed by atoms with Gasteiger partial charge in [-0.1, -0.05) is 18.2 Å². The summed E-state index contributed by atoms with van der Waals surface area (Å²) in [5.74, 6) is 0.656. The maximum absolute atomic E-state index is 13.4. The van der Waals surface area contributed by atoms with Gasteiger partial charge in [-0.05, 0) is 42.3 Å². The highest BCUT2D eigenvalue weighted by molar-refractivity contribution is 5.75. The molecule has 0 aliphatic rings. The maximum Gasteiger partial charge on any atom is 0.123 e. The molecule has 1 heterocycles. The van der Waals surface area contributed by atoms with Crippen LogP contribution in [0.3, 0.4) is 0 Å². The number of aromatic nitrogens is 2. The van der Waals surface area contributed by atoms with E-state index < -0.39 is 0 Å². The molecule has 2 aromatic carbocycles. The van der Waals surface area contributed by atoms with Gasteiger partial charge in [0.25, 0.3) is 0 Å². The van der Waals surface area contributed by atoms with Gasteiger partial charge in [-0.25, -0.2) is 9.37 Å². The number of hydrogen-bond acceptors (Lipinski definition) is 2. The first-order valence-electron chi connectivity index (χ1n) is 6.98. The van der Waals surface area contributed by atoms with Crippen molar-refractivity contribution in [2.75, 3.05) is 0 Å². The number of halogens is 1. The van der Waals surface area contributed by atoms with Crippen molar-refractivity contribution in [2.24, 2.45) is 12.8 Å². The van der Waals surface area contributed by atoms with Crippen LogP contribution in [0.4, 0.5) is 4.39 Å². The molecule has 0 aliphatic carbocycles. The van der Waals surface area contributed by atoms with E-state index >= 15 is 0 Å². The van der Waals surface area contributed by atoms with E-state index in [2.05, 4.69) is 4.98 Å². The van der Waals surface area contributed by atoms with Gasteiger partial charge in [0, 0.05) is 19.5 Å². The van der Waals surface area contributed by atoms with Crippen LogP contribution in [0.1, 0.15) is 23.0 Å². The zero-order valence-corrected chi connectivity index (χ0v) is 12.2. The summed E-state index contributed by atoms with van der Waals surface area (Å²) in [5, 5.41) is 0. The lowest BCUT2D eigenvalue weighted by Gasteiger charge is -2.14. The molecule has 3 aromatic rings. The Kier molecular flexibility index (Phi) is 3.47. The quantitative estimate of drug-likeness (QED) is 0.801. The van der Waals surface area contributed by atoms with Crippen molar-refractivity contribution in [3.8, 4) is 0 Å². The van der Waals surface area contributed by atoms with Gasteiger partial charge >= 0.3 is 0 Å². The molecule has 2 N–H and O–H groups in total. The molecule has 1 unspecified atom stereocenters. The lowest BCUT2D eigenvalue weighted by molar-refractivity contribution is 0.611. The lowest BCUT2D eigenvalue weighted by atomic mass is 9.99. The monoisotopic (exact) mass is 283 g/mol. The Morgan fingerprint density at radius 1 is 1.24 bits per heavy atom. The van der Waals surface area contributed by atoms with Crippen molar-refractivity contribution < 1.29 is 4.39 Å². The number of nitrogens with zero attached hydrogens (tertiary/aromatic N) is 2. The summed E-state index contributed by atoms with van der Waals surface area (Å²) in [4.78, 5) is 4.62. The van der Waals surface area contributed by atoms with E-state index in [1.54, 1.807) is 6.07 Å². The highest BCUT2D eigenvalue weighted by atomic mass is 19.1. The van der Waals surface area contributed by atoms with Crippen LogP contribution in [0.25, 0.3) is 11.0 Å². The Hall–Kier alpha value is -2.20. The van der Waals surface area contributed by atoms with Crippen LogP contribution >= 0.6 is 0 Å². The molecule has 0 radical (unpaired) electrons. The first-order chi connectivity index (χ1) is 10.1. The smallest absolute Gasteiger partial charge is 0.123 e. The van der Waals surface area contributed by atoms with Crippen molar-refractivity contribution in [1.29, 1.82) is 0 Å². The molecule has 108 valence electrons. The van der Waals surface area contributed by atoms with Gasteiger partial charge in [0.05, 0.1) is 11.0 Å². The molecular weight excluding hydrogens is 265 g/mol. The first-order valence-corrected chi connectivity index (χ1v) is 6.98. The van der Waals surface area contributed by atoms with Crippen LogP contribution in [0.15, 0.2) is 42.5 Å². The number of aryl methyl sites for hydroxylation is 2. The minimum absolute atomic E-state index is 0.254. The topological polar surface area (TPSA) is 43.8 Å². The average molecular weight is 283 g/mol. The van der Waals surface area contributed by atoms with Gasteiger partial charge < -0.3 is 10.3 Å². The number of nitrogens with two attached hydrogens (primary N) is 1. The van der Waals surface area contributed by atoms with Crippen LogP contribution in [0.5, 0.6) is 0 Å². The standard InChI is InChI=1S/C17H18FN3/c1-11-7-8-12(18)9-13(11)14(19)10-17-20-15-5-3-4-6-16(15)21(17)2/h3-9,14H,10,19H2,1-2H3. The van der Waals surface area contributed by atoms with E-state index in [1.807, 2.05) is 42.8 Å². The average Bonchev–Trinajstić information content (AvgIpc) is 2.78. The van der Waals surface area contributed by atoms with E-state index in [0.29, 0.717) is 6.42 Å². The Balaban J connectivity index is 1.94. The van der Waals surface area contributed by atoms with Gasteiger partial charge in [-0.3, -0.25) is 0 Å². The Labute approximate surface area is 123 Å². The van der Waals surface area contributed by atoms with Gasteiger partial charge in [0.15, 0.2) is 0 Å². The maximum atomic E-state index is 13.4. The molecule has 0 saturated carbocycles. The highest BCUT2D eigenvalue weighted by Crippen LogP contribution is 2.22. The molecule has 3 rings (SSSR count). The molecule has 4 heteroatoms. The second-order valence-electron chi connectivity index (χ2n) is 5.39. The molecule has 3 nitrogen and oxygen atoms in total. The summed E-state index contributed by atoms with van der Waals surface area (Å²) >= 11 is 0. The first kappa shape index (κ1) is 13.8. The predicted molar refractivity (Wildman–Crippen MR) is 82.5 cm³/mol. The third-order valence-corrected chi connectivity index (χ3v) is 3.92. The largest absolute Gasteiger partial charge is 0.331 e. The Bertz CT molecular complexity index is 792. The molecule has 1 atom stereocenters. The SMILES string of the molecule is Cc1ccc(F)cc1C(N)Cc1nc2ccccc2n1C. The second-order valence-corrected chi connectivity index (χ2v) is 5.39. The third-order valence-electron chi connectivity index (χ3n) is 3.92. The summed E-state index contributed by atoms with van der Waals surface area (Å²) in [6.07, 6.45) is 0.579. The van der Waals surface area contributed by atoms with Crippen LogP contribution in [0.2, 0.25) is 0 Å².